The molecule has 3 rings (SSSR count). The number of hydrogen-bond acceptors (Lipinski definition) is 3. The van der Waals surface area contributed by atoms with Crippen LogP contribution in [0.4, 0.5) is 24.5 Å². The highest BCUT2D eigenvalue weighted by Gasteiger charge is 2.35. The van der Waals surface area contributed by atoms with Gasteiger partial charge in [0.05, 0.1) is 21.2 Å². The Morgan fingerprint density at radius 3 is 2.27 bits per heavy atom. The van der Waals surface area contributed by atoms with Gasteiger partial charge in [0.1, 0.15) is 6.54 Å². The number of aryl methyl sites for hydroxylation is 2. The number of carbonyl (C=O) groups excluding carboxylic acids is 1. The zero-order chi connectivity index (χ0) is 24.4. The van der Waals surface area contributed by atoms with Crippen molar-refractivity contribution in [1.82, 2.24) is 0 Å². The number of alkyl halides is 3. The molecule has 174 valence electrons. The van der Waals surface area contributed by atoms with Crippen LogP contribution >= 0.6 is 11.6 Å². The smallest absolute Gasteiger partial charge is 0.324 e. The predicted molar refractivity (Wildman–Crippen MR) is 122 cm³/mol. The lowest BCUT2D eigenvalue weighted by atomic mass is 10.1. The van der Waals surface area contributed by atoms with E-state index in [1.165, 1.54) is 24.3 Å². The van der Waals surface area contributed by atoms with Crippen LogP contribution in [0.5, 0.6) is 0 Å². The molecule has 0 fully saturated rings. The summed E-state index contributed by atoms with van der Waals surface area (Å²) in [7, 11) is -4.37. The van der Waals surface area contributed by atoms with Crippen LogP contribution in [-0.4, -0.2) is 20.9 Å². The molecule has 10 heteroatoms. The van der Waals surface area contributed by atoms with Crippen LogP contribution < -0.4 is 9.62 Å². The van der Waals surface area contributed by atoms with Crippen molar-refractivity contribution in [1.29, 1.82) is 0 Å². The molecule has 0 aromatic heterocycles. The van der Waals surface area contributed by atoms with Crippen LogP contribution in [0.1, 0.15) is 16.7 Å². The lowest BCUT2D eigenvalue weighted by molar-refractivity contribution is -0.137. The summed E-state index contributed by atoms with van der Waals surface area (Å²) >= 11 is 5.69. The molecule has 0 unspecified atom stereocenters. The van der Waals surface area contributed by atoms with E-state index in [-0.39, 0.29) is 10.6 Å². The fourth-order valence-corrected chi connectivity index (χ4v) is 4.85. The van der Waals surface area contributed by atoms with Crippen molar-refractivity contribution in [2.45, 2.75) is 24.9 Å². The highest BCUT2D eigenvalue weighted by molar-refractivity contribution is 7.92. The van der Waals surface area contributed by atoms with Crippen LogP contribution in [0.3, 0.4) is 0 Å². The lowest BCUT2D eigenvalue weighted by Gasteiger charge is -2.25. The van der Waals surface area contributed by atoms with E-state index in [0.717, 1.165) is 23.3 Å². The fraction of sp³-hybridized carbons (Fsp3) is 0.174. The van der Waals surface area contributed by atoms with Crippen LogP contribution in [-0.2, 0) is 21.0 Å². The molecule has 0 heterocycles. The van der Waals surface area contributed by atoms with Crippen LogP contribution in [0.15, 0.2) is 71.6 Å². The van der Waals surface area contributed by atoms with E-state index in [0.29, 0.717) is 16.1 Å². The van der Waals surface area contributed by atoms with Crippen molar-refractivity contribution in [3.8, 4) is 0 Å². The monoisotopic (exact) mass is 496 g/mol. The van der Waals surface area contributed by atoms with Crippen molar-refractivity contribution in [3.05, 3.63) is 88.4 Å². The summed E-state index contributed by atoms with van der Waals surface area (Å²) in [5.74, 6) is -0.718. The Morgan fingerprint density at radius 1 is 1.00 bits per heavy atom. The molecular formula is C23H20ClF3N2O3S. The molecule has 33 heavy (non-hydrogen) atoms. The average Bonchev–Trinajstić information content (AvgIpc) is 2.74. The maximum Gasteiger partial charge on any atom is 0.417 e. The van der Waals surface area contributed by atoms with Crippen molar-refractivity contribution in [3.63, 3.8) is 0 Å². The number of anilines is 2. The molecule has 0 atom stereocenters. The van der Waals surface area contributed by atoms with Gasteiger partial charge < -0.3 is 5.32 Å². The van der Waals surface area contributed by atoms with Gasteiger partial charge in [-0.15, -0.1) is 0 Å². The SMILES string of the molecule is Cc1ccc(NC(=O)CN(c2ccc(Cl)c(C(F)(F)F)c2)S(=O)(=O)c2ccccc2)c(C)c1. The first-order chi connectivity index (χ1) is 15.4. The van der Waals surface area contributed by atoms with E-state index in [1.807, 2.05) is 13.0 Å². The molecule has 3 aromatic carbocycles. The number of nitrogens with zero attached hydrogens (tertiary/aromatic N) is 1. The van der Waals surface area contributed by atoms with Crippen LogP contribution in [0.25, 0.3) is 0 Å². The zero-order valence-electron chi connectivity index (χ0n) is 17.7. The largest absolute Gasteiger partial charge is 0.417 e. The Morgan fingerprint density at radius 2 is 1.67 bits per heavy atom. The molecule has 1 amide bonds. The summed E-state index contributed by atoms with van der Waals surface area (Å²) in [6, 6.07) is 15.1. The minimum Gasteiger partial charge on any atom is -0.324 e. The lowest BCUT2D eigenvalue weighted by Crippen LogP contribution is -2.38. The zero-order valence-corrected chi connectivity index (χ0v) is 19.2. The number of hydrogen-bond donors (Lipinski definition) is 1. The van der Waals surface area contributed by atoms with Gasteiger partial charge in [-0.1, -0.05) is 47.5 Å². The van der Waals surface area contributed by atoms with Gasteiger partial charge >= 0.3 is 6.18 Å². The van der Waals surface area contributed by atoms with Crippen molar-refractivity contribution < 1.29 is 26.4 Å². The third-order valence-corrected chi connectivity index (χ3v) is 6.94. The second kappa shape index (κ2) is 9.44. The molecule has 3 aromatic rings. The summed E-state index contributed by atoms with van der Waals surface area (Å²) in [5, 5.41) is 2.04. The van der Waals surface area contributed by atoms with E-state index in [2.05, 4.69) is 5.32 Å². The second-order valence-electron chi connectivity index (χ2n) is 7.35. The van der Waals surface area contributed by atoms with E-state index >= 15 is 0 Å². The molecule has 5 nitrogen and oxygen atoms in total. The van der Waals surface area contributed by atoms with E-state index in [9.17, 15) is 26.4 Å². The summed E-state index contributed by atoms with van der Waals surface area (Å²) in [6.07, 6.45) is -4.81. The summed E-state index contributed by atoms with van der Waals surface area (Å²) in [4.78, 5) is 12.6. The van der Waals surface area contributed by atoms with E-state index < -0.39 is 39.2 Å². The number of benzene rings is 3. The predicted octanol–water partition coefficient (Wildman–Crippen LogP) is 5.81. The molecule has 0 bridgehead atoms. The summed E-state index contributed by atoms with van der Waals surface area (Å²) < 4.78 is 67.5. The Bertz CT molecular complexity index is 1280. The molecule has 0 saturated carbocycles. The van der Waals surface area contributed by atoms with Gasteiger partial charge in [-0.2, -0.15) is 13.2 Å². The van der Waals surface area contributed by atoms with Gasteiger partial charge in [-0.25, -0.2) is 8.42 Å². The van der Waals surface area contributed by atoms with Crippen molar-refractivity contribution >= 4 is 38.9 Å². The Labute approximate surface area is 194 Å². The van der Waals surface area contributed by atoms with Gasteiger partial charge in [0.15, 0.2) is 0 Å². The van der Waals surface area contributed by atoms with Crippen LogP contribution in [0, 0.1) is 13.8 Å². The summed E-state index contributed by atoms with van der Waals surface area (Å²) in [6.45, 7) is 2.91. The van der Waals surface area contributed by atoms with Gasteiger partial charge in [0, 0.05) is 5.69 Å². The number of nitrogens with one attached hydrogen (secondary N) is 1. The second-order valence-corrected chi connectivity index (χ2v) is 9.62. The van der Waals surface area contributed by atoms with Gasteiger partial charge in [0.25, 0.3) is 10.0 Å². The van der Waals surface area contributed by atoms with E-state index in [1.54, 1.807) is 25.1 Å². The normalized spacial score (nSPS) is 11.8. The number of carbonyl (C=O) groups is 1. The van der Waals surface area contributed by atoms with Crippen molar-refractivity contribution in [2.24, 2.45) is 0 Å². The van der Waals surface area contributed by atoms with E-state index in [4.69, 9.17) is 11.6 Å². The average molecular weight is 497 g/mol. The first-order valence-corrected chi connectivity index (χ1v) is 11.5. The first-order valence-electron chi connectivity index (χ1n) is 9.71. The molecule has 1 N–H and O–H groups in total. The van der Waals surface area contributed by atoms with Gasteiger partial charge in [-0.3, -0.25) is 9.10 Å². The highest BCUT2D eigenvalue weighted by Crippen LogP contribution is 2.38. The third-order valence-electron chi connectivity index (χ3n) is 4.82. The highest BCUT2D eigenvalue weighted by atomic mass is 35.5. The maximum absolute atomic E-state index is 13.4. The quantitative estimate of drug-likeness (QED) is 0.468. The summed E-state index contributed by atoms with van der Waals surface area (Å²) in [5.41, 5.74) is 0.650. The fourth-order valence-electron chi connectivity index (χ4n) is 3.19. The number of rotatable bonds is 6. The Hall–Kier alpha value is -3.04. The van der Waals surface area contributed by atoms with Gasteiger partial charge in [0.2, 0.25) is 5.91 Å². The molecule has 0 radical (unpaired) electrons. The van der Waals surface area contributed by atoms with Gasteiger partial charge in [-0.05, 0) is 55.8 Å². The van der Waals surface area contributed by atoms with Crippen LogP contribution in [0.2, 0.25) is 5.02 Å². The molecule has 0 aliphatic heterocycles. The third kappa shape index (κ3) is 5.66. The number of halogens is 4. The standard InChI is InChI=1S/C23H20ClF3N2O3S/c1-15-8-11-21(16(2)12-15)28-22(30)14-29(33(31,32)18-6-4-3-5-7-18)17-9-10-20(24)19(13-17)23(25,26)27/h3-13H,14H2,1-2H3,(H,28,30). The molecule has 0 aliphatic carbocycles. The molecule has 0 spiro atoms. The maximum atomic E-state index is 13.4. The minimum absolute atomic E-state index is 0.173. The van der Waals surface area contributed by atoms with Crippen molar-refractivity contribution in [2.75, 3.05) is 16.2 Å². The minimum atomic E-state index is -4.81. The molecule has 0 saturated heterocycles. The Kier molecular flexibility index (Phi) is 7.04. The molecule has 0 aliphatic rings. The number of amides is 1. The Balaban J connectivity index is 2.04. The first kappa shape index (κ1) is 24.6. The number of sulfonamides is 1. The molecular weight excluding hydrogens is 477 g/mol. The topological polar surface area (TPSA) is 66.5 Å².